The van der Waals surface area contributed by atoms with Crippen LogP contribution in [0.15, 0.2) is 18.2 Å². The maximum Gasteiger partial charge on any atom is 0.310 e. The highest BCUT2D eigenvalue weighted by Gasteiger charge is 2.16. The lowest BCUT2D eigenvalue weighted by Crippen LogP contribution is -2.16. The van der Waals surface area contributed by atoms with E-state index < -0.39 is 14.8 Å². The van der Waals surface area contributed by atoms with Crippen LogP contribution in [0, 0.1) is 10.1 Å². The molecular formula is C11H13NO6S. The molecule has 0 saturated heterocycles. The molecule has 0 heterocycles. The molecule has 0 amide bonds. The van der Waals surface area contributed by atoms with E-state index in [-0.39, 0.29) is 35.1 Å². The summed E-state index contributed by atoms with van der Waals surface area (Å²) in [5, 5.41) is 10.8. The SMILES string of the molecule is CCS(=O)(=O)CCOc1cc(C=O)ccc1[N+](=O)[O-]. The molecule has 19 heavy (non-hydrogen) atoms. The van der Waals surface area contributed by atoms with Gasteiger partial charge in [-0.15, -0.1) is 0 Å². The molecule has 8 heteroatoms. The lowest BCUT2D eigenvalue weighted by molar-refractivity contribution is -0.385. The van der Waals surface area contributed by atoms with E-state index in [2.05, 4.69) is 0 Å². The van der Waals surface area contributed by atoms with Gasteiger partial charge in [-0.25, -0.2) is 8.42 Å². The number of nitro benzene ring substituents is 1. The Bertz CT molecular complexity index is 581. The van der Waals surface area contributed by atoms with Crippen molar-refractivity contribution in [3.63, 3.8) is 0 Å². The summed E-state index contributed by atoms with van der Waals surface area (Å²) in [7, 11) is -3.20. The van der Waals surface area contributed by atoms with Crippen molar-refractivity contribution in [2.75, 3.05) is 18.1 Å². The van der Waals surface area contributed by atoms with Gasteiger partial charge in [-0.05, 0) is 12.1 Å². The number of carbonyl (C=O) groups is 1. The van der Waals surface area contributed by atoms with Crippen molar-refractivity contribution in [3.05, 3.63) is 33.9 Å². The molecule has 0 saturated carbocycles. The zero-order valence-corrected chi connectivity index (χ0v) is 11.1. The number of carbonyl (C=O) groups excluding carboxylic acids is 1. The Morgan fingerprint density at radius 3 is 2.63 bits per heavy atom. The minimum Gasteiger partial charge on any atom is -0.486 e. The Labute approximate surface area is 110 Å². The Kier molecular flexibility index (Phi) is 4.99. The van der Waals surface area contributed by atoms with Crippen LogP contribution in [-0.2, 0) is 9.84 Å². The number of nitrogens with zero attached hydrogens (tertiary/aromatic N) is 1. The van der Waals surface area contributed by atoms with Crippen LogP contribution in [0.1, 0.15) is 17.3 Å². The van der Waals surface area contributed by atoms with Crippen LogP contribution in [0.3, 0.4) is 0 Å². The molecule has 0 aromatic heterocycles. The fourth-order valence-electron chi connectivity index (χ4n) is 1.29. The Hall–Kier alpha value is -1.96. The molecule has 7 nitrogen and oxygen atoms in total. The van der Waals surface area contributed by atoms with Crippen LogP contribution in [-0.4, -0.2) is 37.7 Å². The molecule has 104 valence electrons. The Balaban J connectivity index is 2.86. The van der Waals surface area contributed by atoms with E-state index in [1.165, 1.54) is 19.1 Å². The second-order valence-corrected chi connectivity index (χ2v) is 6.16. The zero-order chi connectivity index (χ0) is 14.5. The van der Waals surface area contributed by atoms with Crippen molar-refractivity contribution in [1.29, 1.82) is 0 Å². The molecule has 1 rings (SSSR count). The average molecular weight is 287 g/mol. The van der Waals surface area contributed by atoms with Gasteiger partial charge in [0, 0.05) is 17.4 Å². The molecular weight excluding hydrogens is 274 g/mol. The fourth-order valence-corrected chi connectivity index (χ4v) is 1.92. The highest BCUT2D eigenvalue weighted by molar-refractivity contribution is 7.91. The van der Waals surface area contributed by atoms with E-state index in [0.29, 0.717) is 6.29 Å². The van der Waals surface area contributed by atoms with Crippen LogP contribution in [0.25, 0.3) is 0 Å². The van der Waals surface area contributed by atoms with E-state index in [0.717, 1.165) is 6.07 Å². The molecule has 0 aliphatic heterocycles. The predicted octanol–water partition coefficient (Wildman–Crippen LogP) is 1.22. The quantitative estimate of drug-likeness (QED) is 0.424. The molecule has 0 aliphatic carbocycles. The van der Waals surface area contributed by atoms with Gasteiger partial charge in [-0.2, -0.15) is 0 Å². The third-order valence-electron chi connectivity index (χ3n) is 2.41. The lowest BCUT2D eigenvalue weighted by Gasteiger charge is -2.07. The standard InChI is InChI=1S/C11H13NO6S/c1-2-19(16,17)6-5-18-11-7-9(8-13)3-4-10(11)12(14)15/h3-4,7-8H,2,5-6H2,1H3. The van der Waals surface area contributed by atoms with E-state index in [4.69, 9.17) is 4.74 Å². The number of ether oxygens (including phenoxy) is 1. The molecule has 0 atom stereocenters. The van der Waals surface area contributed by atoms with Crippen LogP contribution in [0.5, 0.6) is 5.75 Å². The number of hydrogen-bond acceptors (Lipinski definition) is 6. The summed E-state index contributed by atoms with van der Waals surface area (Å²) >= 11 is 0. The van der Waals surface area contributed by atoms with Crippen molar-refractivity contribution in [3.8, 4) is 5.75 Å². The molecule has 0 bridgehead atoms. The van der Waals surface area contributed by atoms with Crippen LogP contribution >= 0.6 is 0 Å². The van der Waals surface area contributed by atoms with Gasteiger partial charge >= 0.3 is 5.69 Å². The van der Waals surface area contributed by atoms with Crippen LogP contribution in [0.2, 0.25) is 0 Å². The number of nitro groups is 1. The summed E-state index contributed by atoms with van der Waals surface area (Å²) in [5.74, 6) is -0.361. The molecule has 1 aromatic carbocycles. The highest BCUT2D eigenvalue weighted by atomic mass is 32.2. The van der Waals surface area contributed by atoms with Crippen molar-refractivity contribution in [2.24, 2.45) is 0 Å². The van der Waals surface area contributed by atoms with Gasteiger partial charge in [0.15, 0.2) is 15.6 Å². The lowest BCUT2D eigenvalue weighted by atomic mass is 10.2. The maximum atomic E-state index is 11.3. The fraction of sp³-hybridized carbons (Fsp3) is 0.364. The Morgan fingerprint density at radius 2 is 2.11 bits per heavy atom. The topological polar surface area (TPSA) is 104 Å². The zero-order valence-electron chi connectivity index (χ0n) is 10.2. The van der Waals surface area contributed by atoms with Crippen molar-refractivity contribution in [1.82, 2.24) is 0 Å². The van der Waals surface area contributed by atoms with Gasteiger partial charge in [0.1, 0.15) is 12.9 Å². The van der Waals surface area contributed by atoms with Crippen molar-refractivity contribution >= 4 is 21.8 Å². The Morgan fingerprint density at radius 1 is 1.42 bits per heavy atom. The maximum absolute atomic E-state index is 11.3. The third kappa shape index (κ3) is 4.32. The number of rotatable bonds is 7. The van der Waals surface area contributed by atoms with E-state index >= 15 is 0 Å². The first-order chi connectivity index (χ1) is 8.89. The molecule has 0 fully saturated rings. The number of hydrogen-bond donors (Lipinski definition) is 0. The third-order valence-corrected chi connectivity index (χ3v) is 4.08. The first-order valence-electron chi connectivity index (χ1n) is 5.46. The average Bonchev–Trinajstić information content (AvgIpc) is 2.38. The van der Waals surface area contributed by atoms with E-state index in [1.54, 1.807) is 0 Å². The van der Waals surface area contributed by atoms with Gasteiger partial charge in [0.25, 0.3) is 0 Å². The smallest absolute Gasteiger partial charge is 0.310 e. The van der Waals surface area contributed by atoms with Gasteiger partial charge < -0.3 is 4.74 Å². The van der Waals surface area contributed by atoms with Crippen LogP contribution in [0.4, 0.5) is 5.69 Å². The molecule has 1 aromatic rings. The van der Waals surface area contributed by atoms with Gasteiger partial charge in [0.2, 0.25) is 0 Å². The normalized spacial score (nSPS) is 11.0. The van der Waals surface area contributed by atoms with Crippen molar-refractivity contribution in [2.45, 2.75) is 6.92 Å². The molecule has 0 N–H and O–H groups in total. The largest absolute Gasteiger partial charge is 0.486 e. The minimum atomic E-state index is -3.20. The van der Waals surface area contributed by atoms with E-state index in [9.17, 15) is 23.3 Å². The van der Waals surface area contributed by atoms with Crippen LogP contribution < -0.4 is 4.74 Å². The van der Waals surface area contributed by atoms with Gasteiger partial charge in [-0.3, -0.25) is 14.9 Å². The summed E-state index contributed by atoms with van der Waals surface area (Å²) in [4.78, 5) is 20.7. The van der Waals surface area contributed by atoms with Gasteiger partial charge in [0.05, 0.1) is 10.7 Å². The first-order valence-corrected chi connectivity index (χ1v) is 7.28. The predicted molar refractivity (Wildman–Crippen MR) is 68.3 cm³/mol. The van der Waals surface area contributed by atoms with Gasteiger partial charge in [-0.1, -0.05) is 6.92 Å². The summed E-state index contributed by atoms with van der Waals surface area (Å²) in [6.07, 6.45) is 0.527. The highest BCUT2D eigenvalue weighted by Crippen LogP contribution is 2.27. The van der Waals surface area contributed by atoms with Crippen molar-refractivity contribution < 1.29 is 22.9 Å². The summed E-state index contributed by atoms with van der Waals surface area (Å²) in [6, 6.07) is 3.65. The second kappa shape index (κ2) is 6.28. The molecule has 0 radical (unpaired) electrons. The first kappa shape index (κ1) is 15.1. The summed E-state index contributed by atoms with van der Waals surface area (Å²) < 4.78 is 27.6. The molecule has 0 spiro atoms. The number of benzene rings is 1. The molecule has 0 unspecified atom stereocenters. The second-order valence-electron chi connectivity index (χ2n) is 3.69. The number of sulfone groups is 1. The minimum absolute atomic E-state index is 0.0210. The number of aldehydes is 1. The summed E-state index contributed by atoms with van der Waals surface area (Å²) in [6.45, 7) is 1.31. The monoisotopic (exact) mass is 287 g/mol. The van der Waals surface area contributed by atoms with E-state index in [1.807, 2.05) is 0 Å². The molecule has 0 aliphatic rings. The summed E-state index contributed by atoms with van der Waals surface area (Å²) in [5.41, 5.74) is -0.0848.